The van der Waals surface area contributed by atoms with Crippen LogP contribution < -0.4 is 4.74 Å². The average molecular weight is 389 g/mol. The fourth-order valence-electron chi connectivity index (χ4n) is 3.28. The highest BCUT2D eigenvalue weighted by atomic mass is 19.1. The quantitative estimate of drug-likeness (QED) is 0.446. The first-order chi connectivity index (χ1) is 14.1. The molecule has 3 aromatic carbocycles. The number of aromatic nitrogens is 1. The molecule has 2 N–H and O–H groups in total. The first-order valence-corrected chi connectivity index (χ1v) is 9.33. The molecule has 0 fully saturated rings. The Morgan fingerprint density at radius 3 is 2.59 bits per heavy atom. The number of carbonyl (C=O) groups is 1. The minimum Gasteiger partial charge on any atom is -0.489 e. The summed E-state index contributed by atoms with van der Waals surface area (Å²) >= 11 is 0. The number of carbonyl (C=O) groups excluding carboxylic acids is 1. The van der Waals surface area contributed by atoms with Gasteiger partial charge in [0.05, 0.1) is 12.3 Å². The van der Waals surface area contributed by atoms with Crippen LogP contribution in [0.2, 0.25) is 0 Å². The molecule has 0 amide bonds. The summed E-state index contributed by atoms with van der Waals surface area (Å²) in [5.41, 5.74) is 3.59. The number of hydrogen-bond acceptors (Lipinski definition) is 3. The molecule has 146 valence electrons. The van der Waals surface area contributed by atoms with Crippen LogP contribution in [0.5, 0.6) is 5.75 Å². The van der Waals surface area contributed by atoms with Gasteiger partial charge in [-0.15, -0.1) is 0 Å². The number of halogens is 1. The van der Waals surface area contributed by atoms with E-state index in [1.807, 2.05) is 36.4 Å². The lowest BCUT2D eigenvalue weighted by Gasteiger charge is -2.12. The van der Waals surface area contributed by atoms with Crippen LogP contribution in [0.25, 0.3) is 10.9 Å². The van der Waals surface area contributed by atoms with Gasteiger partial charge in [0.2, 0.25) is 0 Å². The number of nitrogens with one attached hydrogen (secondary N) is 1. The predicted molar refractivity (Wildman–Crippen MR) is 109 cm³/mol. The molecule has 1 aromatic heterocycles. The van der Waals surface area contributed by atoms with E-state index in [9.17, 15) is 14.3 Å². The van der Waals surface area contributed by atoms with Crippen LogP contribution >= 0.6 is 0 Å². The van der Waals surface area contributed by atoms with Crippen molar-refractivity contribution in [3.63, 3.8) is 0 Å². The second-order valence-electron chi connectivity index (χ2n) is 6.89. The number of H-pyrrole nitrogens is 1. The van der Waals surface area contributed by atoms with Crippen molar-refractivity contribution in [2.45, 2.75) is 19.6 Å². The van der Waals surface area contributed by atoms with Crippen LogP contribution in [0.15, 0.2) is 72.8 Å². The van der Waals surface area contributed by atoms with Crippen LogP contribution in [0, 0.1) is 5.82 Å². The Balaban J connectivity index is 1.48. The topological polar surface area (TPSA) is 62.3 Å². The Morgan fingerprint density at radius 2 is 1.79 bits per heavy atom. The average Bonchev–Trinajstić information content (AvgIpc) is 3.17. The third-order valence-corrected chi connectivity index (χ3v) is 4.78. The second kappa shape index (κ2) is 8.29. The van der Waals surface area contributed by atoms with E-state index in [1.165, 1.54) is 12.1 Å². The summed E-state index contributed by atoms with van der Waals surface area (Å²) in [6.07, 6.45) is 0.168. The zero-order valence-corrected chi connectivity index (χ0v) is 15.7. The molecule has 29 heavy (non-hydrogen) atoms. The first kappa shape index (κ1) is 18.9. The van der Waals surface area contributed by atoms with Gasteiger partial charge in [0, 0.05) is 22.9 Å². The largest absolute Gasteiger partial charge is 0.489 e. The van der Waals surface area contributed by atoms with Gasteiger partial charge >= 0.3 is 0 Å². The third kappa shape index (κ3) is 4.36. The number of ether oxygens (including phenoxy) is 1. The molecule has 5 heteroatoms. The van der Waals surface area contributed by atoms with Crippen molar-refractivity contribution >= 4 is 16.7 Å². The van der Waals surface area contributed by atoms with Gasteiger partial charge in [0.15, 0.2) is 5.78 Å². The van der Waals surface area contributed by atoms with E-state index in [2.05, 4.69) is 4.98 Å². The maximum Gasteiger partial charge on any atom is 0.183 e. The fourth-order valence-corrected chi connectivity index (χ4v) is 3.28. The Hall–Kier alpha value is -3.44. The Morgan fingerprint density at radius 1 is 0.966 bits per heavy atom. The van der Waals surface area contributed by atoms with Gasteiger partial charge in [-0.1, -0.05) is 36.4 Å². The predicted octanol–water partition coefficient (Wildman–Crippen LogP) is 4.80. The number of aliphatic hydroxyl groups excluding tert-OH is 1. The normalized spacial score (nSPS) is 11.0. The molecule has 1 heterocycles. The molecule has 0 spiro atoms. The van der Waals surface area contributed by atoms with E-state index in [0.29, 0.717) is 29.0 Å². The molecule has 0 saturated heterocycles. The number of fused-ring (bicyclic) bond motifs is 1. The first-order valence-electron chi connectivity index (χ1n) is 9.33. The summed E-state index contributed by atoms with van der Waals surface area (Å²) < 4.78 is 19.2. The van der Waals surface area contributed by atoms with Gasteiger partial charge < -0.3 is 14.8 Å². The maximum absolute atomic E-state index is 13.4. The number of benzene rings is 3. The Labute approximate surface area is 167 Å². The zero-order valence-electron chi connectivity index (χ0n) is 15.7. The summed E-state index contributed by atoms with van der Waals surface area (Å²) in [7, 11) is 0. The molecule has 0 aliphatic carbocycles. The highest BCUT2D eigenvalue weighted by Crippen LogP contribution is 2.23. The molecule has 0 aliphatic rings. The van der Waals surface area contributed by atoms with E-state index in [0.717, 1.165) is 16.6 Å². The molecule has 0 saturated carbocycles. The lowest BCUT2D eigenvalue weighted by atomic mass is 10.0. The van der Waals surface area contributed by atoms with Gasteiger partial charge in [-0.3, -0.25) is 4.79 Å². The van der Waals surface area contributed by atoms with Gasteiger partial charge in [-0.2, -0.15) is 0 Å². The van der Waals surface area contributed by atoms with Crippen molar-refractivity contribution < 1.29 is 19.0 Å². The number of aromatic amines is 1. The standard InChI is InChI=1S/C24H20FNO3/c25-20-7-8-21-18(12-20)13-22(26-21)23(28)11-17-6-9-24(19(10-17)14-27)29-15-16-4-2-1-3-5-16/h1-10,12-13,26-27H,11,14-15H2. The second-order valence-corrected chi connectivity index (χ2v) is 6.89. The smallest absolute Gasteiger partial charge is 0.183 e. The summed E-state index contributed by atoms with van der Waals surface area (Å²) in [6.45, 7) is 0.218. The lowest BCUT2D eigenvalue weighted by Crippen LogP contribution is -2.05. The zero-order chi connectivity index (χ0) is 20.2. The molecule has 4 nitrogen and oxygen atoms in total. The minimum atomic E-state index is -0.339. The van der Waals surface area contributed by atoms with Crippen LogP contribution in [0.4, 0.5) is 4.39 Å². The van der Waals surface area contributed by atoms with Crippen LogP contribution in [-0.2, 0) is 19.6 Å². The number of Topliss-reactive ketones (excluding diaryl/α,β-unsaturated/α-hetero) is 1. The van der Waals surface area contributed by atoms with Crippen LogP contribution in [0.3, 0.4) is 0 Å². The molecule has 4 aromatic rings. The number of aliphatic hydroxyl groups is 1. The van der Waals surface area contributed by atoms with Crippen molar-refractivity contribution in [3.8, 4) is 5.75 Å². The lowest BCUT2D eigenvalue weighted by molar-refractivity contribution is 0.0989. The third-order valence-electron chi connectivity index (χ3n) is 4.78. The maximum atomic E-state index is 13.4. The van der Waals surface area contributed by atoms with Crippen LogP contribution in [-0.4, -0.2) is 15.9 Å². The van der Waals surface area contributed by atoms with Crippen molar-refractivity contribution in [1.29, 1.82) is 0 Å². The van der Waals surface area contributed by atoms with E-state index >= 15 is 0 Å². The van der Waals surface area contributed by atoms with Gasteiger partial charge in [0.25, 0.3) is 0 Å². The van der Waals surface area contributed by atoms with Crippen molar-refractivity contribution in [1.82, 2.24) is 4.98 Å². The summed E-state index contributed by atoms with van der Waals surface area (Å²) in [4.78, 5) is 15.7. The monoisotopic (exact) mass is 389 g/mol. The van der Waals surface area contributed by atoms with Gasteiger partial charge in [-0.05, 0) is 47.5 Å². The van der Waals surface area contributed by atoms with E-state index in [-0.39, 0.29) is 24.6 Å². The summed E-state index contributed by atoms with van der Waals surface area (Å²) in [6, 6.07) is 21.2. The molecular weight excluding hydrogens is 369 g/mol. The molecule has 0 unspecified atom stereocenters. The molecule has 0 aliphatic heterocycles. The Bertz CT molecular complexity index is 1150. The highest BCUT2D eigenvalue weighted by Gasteiger charge is 2.13. The molecular formula is C24H20FNO3. The molecule has 0 radical (unpaired) electrons. The summed E-state index contributed by atoms with van der Waals surface area (Å²) in [5.74, 6) is 0.145. The van der Waals surface area contributed by atoms with E-state index in [1.54, 1.807) is 24.3 Å². The molecule has 0 atom stereocenters. The van der Waals surface area contributed by atoms with Gasteiger partial charge in [0.1, 0.15) is 18.2 Å². The van der Waals surface area contributed by atoms with Crippen LogP contribution in [0.1, 0.15) is 27.2 Å². The fraction of sp³-hybridized carbons (Fsp3) is 0.125. The summed E-state index contributed by atoms with van der Waals surface area (Å²) in [5, 5.41) is 10.4. The van der Waals surface area contributed by atoms with E-state index in [4.69, 9.17) is 4.74 Å². The SMILES string of the molecule is O=C(Cc1ccc(OCc2ccccc2)c(CO)c1)c1cc2cc(F)ccc2[nH]1. The van der Waals surface area contributed by atoms with Crippen molar-refractivity contribution in [3.05, 3.63) is 101 Å². The number of rotatable bonds is 7. The van der Waals surface area contributed by atoms with Crippen molar-refractivity contribution in [2.24, 2.45) is 0 Å². The number of hydrogen-bond donors (Lipinski definition) is 2. The van der Waals surface area contributed by atoms with E-state index < -0.39 is 0 Å². The Kier molecular flexibility index (Phi) is 5.40. The number of ketones is 1. The van der Waals surface area contributed by atoms with Crippen molar-refractivity contribution in [2.75, 3.05) is 0 Å². The highest BCUT2D eigenvalue weighted by molar-refractivity contribution is 6.00. The molecule has 0 bridgehead atoms. The van der Waals surface area contributed by atoms with Gasteiger partial charge in [-0.25, -0.2) is 4.39 Å². The molecule has 4 rings (SSSR count). The minimum absolute atomic E-state index is 0.108.